The van der Waals surface area contributed by atoms with Crippen LogP contribution in [-0.2, 0) is 4.79 Å². The van der Waals surface area contributed by atoms with Crippen molar-refractivity contribution in [2.24, 2.45) is 0 Å². The zero-order valence-electron chi connectivity index (χ0n) is 24.9. The molecule has 0 unspecified atom stereocenters. The summed E-state index contributed by atoms with van der Waals surface area (Å²) in [5.41, 5.74) is 0.622. The molecule has 1 amide bonds. The molecule has 0 spiro atoms. The van der Waals surface area contributed by atoms with Gasteiger partial charge in [-0.2, -0.15) is 0 Å². The van der Waals surface area contributed by atoms with E-state index in [1.54, 1.807) is 0 Å². The number of hydrogen-bond acceptors (Lipinski definition) is 5. The molecule has 0 radical (unpaired) electrons. The molecule has 0 fully saturated rings. The quantitative estimate of drug-likeness (QED) is 0.126. The zero-order chi connectivity index (χ0) is 29.1. The minimum atomic E-state index is -0.342. The van der Waals surface area contributed by atoms with E-state index in [0.717, 1.165) is 18.4 Å². The van der Waals surface area contributed by atoms with Gasteiger partial charge in [0.1, 0.15) is 28.2 Å². The molecular formula is C35H49NO5. The third kappa shape index (κ3) is 12.0. The van der Waals surface area contributed by atoms with E-state index < -0.39 is 0 Å². The molecule has 1 aromatic heterocycles. The Bertz CT molecular complexity index is 1220. The van der Waals surface area contributed by atoms with Gasteiger partial charge in [0.15, 0.2) is 12.0 Å². The number of amides is 1. The van der Waals surface area contributed by atoms with Gasteiger partial charge in [-0.3, -0.25) is 9.59 Å². The van der Waals surface area contributed by atoms with Crippen LogP contribution >= 0.6 is 0 Å². The van der Waals surface area contributed by atoms with Crippen molar-refractivity contribution >= 4 is 16.9 Å². The van der Waals surface area contributed by atoms with E-state index in [1.165, 1.54) is 108 Å². The molecule has 0 saturated carbocycles. The Kier molecular flexibility index (Phi) is 14.9. The summed E-state index contributed by atoms with van der Waals surface area (Å²) < 4.78 is 11.5. The van der Waals surface area contributed by atoms with Gasteiger partial charge in [0.2, 0.25) is 0 Å². The Hall–Kier alpha value is -3.28. The summed E-state index contributed by atoms with van der Waals surface area (Å²) >= 11 is 0. The maximum absolute atomic E-state index is 12.6. The number of aromatic hydroxyl groups is 1. The molecule has 0 aliphatic carbocycles. The van der Waals surface area contributed by atoms with E-state index in [-0.39, 0.29) is 40.4 Å². The highest BCUT2D eigenvalue weighted by atomic mass is 16.5. The second-order valence-electron chi connectivity index (χ2n) is 11.1. The summed E-state index contributed by atoms with van der Waals surface area (Å²) in [4.78, 5) is 24.8. The average Bonchev–Trinajstić information content (AvgIpc) is 2.97. The summed E-state index contributed by atoms with van der Waals surface area (Å²) in [7, 11) is 0. The lowest BCUT2D eigenvalue weighted by molar-refractivity contribution is -0.123. The van der Waals surface area contributed by atoms with Crippen molar-refractivity contribution in [2.75, 3.05) is 13.2 Å². The fourth-order valence-electron chi connectivity index (χ4n) is 5.17. The molecule has 6 nitrogen and oxygen atoms in total. The summed E-state index contributed by atoms with van der Waals surface area (Å²) in [6.45, 7) is 2.72. The van der Waals surface area contributed by atoms with Crippen molar-refractivity contribution in [1.82, 2.24) is 5.32 Å². The highest BCUT2D eigenvalue weighted by Crippen LogP contribution is 2.31. The van der Waals surface area contributed by atoms with Crippen molar-refractivity contribution in [3.8, 4) is 22.8 Å². The molecule has 0 aliphatic heterocycles. The second kappa shape index (κ2) is 19.0. The molecule has 0 aliphatic rings. The van der Waals surface area contributed by atoms with Crippen molar-refractivity contribution in [3.05, 3.63) is 58.8 Å². The van der Waals surface area contributed by atoms with Crippen molar-refractivity contribution < 1.29 is 19.1 Å². The van der Waals surface area contributed by atoms with Crippen LogP contribution in [0.25, 0.3) is 22.3 Å². The first-order valence-corrected chi connectivity index (χ1v) is 15.8. The molecule has 1 heterocycles. The van der Waals surface area contributed by atoms with Crippen LogP contribution in [0.3, 0.4) is 0 Å². The first-order valence-electron chi connectivity index (χ1n) is 15.8. The van der Waals surface area contributed by atoms with Gasteiger partial charge in [-0.05, 0) is 6.42 Å². The van der Waals surface area contributed by atoms with Crippen molar-refractivity contribution in [1.29, 1.82) is 0 Å². The predicted octanol–water partition coefficient (Wildman–Crippen LogP) is 8.92. The number of ether oxygens (including phenoxy) is 1. The smallest absolute Gasteiger partial charge is 0.257 e. The van der Waals surface area contributed by atoms with Crippen molar-refractivity contribution in [3.63, 3.8) is 0 Å². The van der Waals surface area contributed by atoms with Crippen LogP contribution in [-0.4, -0.2) is 24.2 Å². The lowest BCUT2D eigenvalue weighted by Crippen LogP contribution is -2.29. The van der Waals surface area contributed by atoms with E-state index >= 15 is 0 Å². The van der Waals surface area contributed by atoms with Gasteiger partial charge in [-0.1, -0.05) is 134 Å². The van der Waals surface area contributed by atoms with Crippen LogP contribution in [0.1, 0.15) is 110 Å². The first kappa shape index (κ1) is 32.2. The molecule has 0 bridgehead atoms. The average molecular weight is 564 g/mol. The summed E-state index contributed by atoms with van der Waals surface area (Å²) in [6, 6.07) is 13.5. The third-order valence-corrected chi connectivity index (χ3v) is 7.56. The lowest BCUT2D eigenvalue weighted by atomic mass is 10.0. The Labute approximate surface area is 245 Å². The summed E-state index contributed by atoms with van der Waals surface area (Å²) in [5.74, 6) is 0.210. The van der Waals surface area contributed by atoms with Gasteiger partial charge in [-0.15, -0.1) is 0 Å². The lowest BCUT2D eigenvalue weighted by Gasteiger charge is -2.10. The summed E-state index contributed by atoms with van der Waals surface area (Å²) in [5, 5.41) is 13.4. The molecule has 41 heavy (non-hydrogen) atoms. The fourth-order valence-corrected chi connectivity index (χ4v) is 5.17. The zero-order valence-corrected chi connectivity index (χ0v) is 24.9. The Morgan fingerprint density at radius 2 is 1.34 bits per heavy atom. The van der Waals surface area contributed by atoms with Gasteiger partial charge >= 0.3 is 0 Å². The first-order chi connectivity index (χ1) is 20.1. The van der Waals surface area contributed by atoms with Gasteiger partial charge in [0.25, 0.3) is 5.91 Å². The fraction of sp³-hybridized carbons (Fsp3) is 0.543. The number of unbranched alkanes of at least 4 members (excludes halogenated alkanes) is 15. The van der Waals surface area contributed by atoms with Crippen LogP contribution in [0.5, 0.6) is 11.5 Å². The van der Waals surface area contributed by atoms with E-state index in [2.05, 4.69) is 12.2 Å². The van der Waals surface area contributed by atoms with Crippen LogP contribution in [0.2, 0.25) is 0 Å². The van der Waals surface area contributed by atoms with Crippen LogP contribution in [0.15, 0.2) is 57.7 Å². The molecule has 3 aromatic rings. The van der Waals surface area contributed by atoms with E-state index in [1.807, 2.05) is 30.3 Å². The highest BCUT2D eigenvalue weighted by molar-refractivity contribution is 5.86. The number of carbonyl (C=O) groups is 1. The number of phenols is 1. The molecule has 0 atom stereocenters. The second-order valence-corrected chi connectivity index (χ2v) is 11.1. The molecular weight excluding hydrogens is 514 g/mol. The van der Waals surface area contributed by atoms with Crippen LogP contribution < -0.4 is 15.5 Å². The van der Waals surface area contributed by atoms with E-state index in [4.69, 9.17) is 9.15 Å². The van der Waals surface area contributed by atoms with E-state index in [0.29, 0.717) is 12.3 Å². The third-order valence-electron chi connectivity index (χ3n) is 7.56. The molecule has 2 N–H and O–H groups in total. The van der Waals surface area contributed by atoms with Crippen LogP contribution in [0, 0.1) is 0 Å². The Morgan fingerprint density at radius 1 is 0.780 bits per heavy atom. The number of nitrogens with one attached hydrogen (secondary N) is 1. The number of hydrogen-bond donors (Lipinski definition) is 2. The minimum Gasteiger partial charge on any atom is -0.507 e. The maximum atomic E-state index is 12.6. The van der Waals surface area contributed by atoms with Crippen LogP contribution in [0.4, 0.5) is 0 Å². The molecule has 3 rings (SSSR count). The molecule has 224 valence electrons. The van der Waals surface area contributed by atoms with Crippen molar-refractivity contribution in [2.45, 2.75) is 110 Å². The largest absolute Gasteiger partial charge is 0.507 e. The van der Waals surface area contributed by atoms with E-state index in [9.17, 15) is 14.7 Å². The number of phenolic OH excluding ortho intramolecular Hbond substituents is 1. The SMILES string of the molecule is CCCCCCCCCCCCCCCCCCNC(=O)COc1cc(O)c2c(=O)cc(-c3ccccc3)oc2c1. The molecule has 2 aromatic carbocycles. The normalized spacial score (nSPS) is 11.1. The maximum Gasteiger partial charge on any atom is 0.257 e. The van der Waals surface area contributed by atoms with Gasteiger partial charge in [0.05, 0.1) is 0 Å². The Morgan fingerprint density at radius 3 is 1.93 bits per heavy atom. The summed E-state index contributed by atoms with van der Waals surface area (Å²) in [6.07, 6.45) is 21.1. The van der Waals surface area contributed by atoms with Gasteiger partial charge in [-0.25, -0.2) is 0 Å². The molecule has 0 saturated heterocycles. The highest BCUT2D eigenvalue weighted by Gasteiger charge is 2.13. The number of fused-ring (bicyclic) bond motifs is 1. The predicted molar refractivity (Wildman–Crippen MR) is 168 cm³/mol. The minimum absolute atomic E-state index is 0.0879. The van der Waals surface area contributed by atoms with Gasteiger partial charge < -0.3 is 19.6 Å². The van der Waals surface area contributed by atoms with Gasteiger partial charge in [0, 0.05) is 30.3 Å². The number of benzene rings is 2. The standard InChI is InChI=1S/C35H49NO5/c1-2-3-4-5-6-7-8-9-10-11-12-13-14-15-16-20-23-36-34(39)27-40-29-24-30(37)35-31(38)26-32(41-33(35)25-29)28-21-18-17-19-22-28/h17-19,21-22,24-26,37H,2-16,20,23,27H2,1H3,(H,36,39). The monoisotopic (exact) mass is 563 g/mol. The topological polar surface area (TPSA) is 88.8 Å². The number of rotatable bonds is 21. The Balaban J connectivity index is 1.24. The molecule has 6 heteroatoms. The number of carbonyl (C=O) groups excluding carboxylic acids is 1.